The Morgan fingerprint density at radius 3 is 3.33 bits per heavy atom. The topological polar surface area (TPSA) is 31.9 Å². The van der Waals surface area contributed by atoms with Crippen molar-refractivity contribution in [1.82, 2.24) is 14.9 Å². The Hall–Kier alpha value is -1.39. The molecule has 1 N–H and O–H groups in total. The summed E-state index contributed by atoms with van der Waals surface area (Å²) in [4.78, 5) is 11.7. The van der Waals surface area contributed by atoms with Crippen LogP contribution < -0.4 is 0 Å². The molecule has 0 fully saturated rings. The van der Waals surface area contributed by atoms with E-state index in [-0.39, 0.29) is 0 Å². The smallest absolute Gasteiger partial charge is 0.0798 e. The van der Waals surface area contributed by atoms with Gasteiger partial charge < -0.3 is 4.98 Å². The summed E-state index contributed by atoms with van der Waals surface area (Å²) < 4.78 is 0. The van der Waals surface area contributed by atoms with Crippen molar-refractivity contribution in [1.29, 1.82) is 0 Å². The van der Waals surface area contributed by atoms with Crippen molar-refractivity contribution in [3.05, 3.63) is 52.8 Å². The number of rotatable bonds is 4. The molecule has 1 unspecified atom stereocenters. The molecular weight excluding hydrogens is 242 g/mol. The maximum atomic E-state index is 4.42. The maximum Gasteiger partial charge on any atom is 0.0798 e. The molecule has 3 rings (SSSR count). The molecule has 1 aliphatic heterocycles. The number of nitrogens with one attached hydrogen (secondary N) is 1. The number of nitrogens with zero attached hydrogens (tertiary/aromatic N) is 2. The van der Waals surface area contributed by atoms with Gasteiger partial charge in [-0.15, -0.1) is 17.9 Å². The lowest BCUT2D eigenvalue weighted by Gasteiger charge is -2.33. The van der Waals surface area contributed by atoms with Crippen LogP contribution in [0.1, 0.15) is 28.7 Å². The second-order valence-electron chi connectivity index (χ2n) is 4.61. The molecule has 0 saturated heterocycles. The predicted octanol–water partition coefficient (Wildman–Crippen LogP) is 3.15. The van der Waals surface area contributed by atoms with E-state index < -0.39 is 0 Å². The van der Waals surface area contributed by atoms with Crippen molar-refractivity contribution in [3.8, 4) is 0 Å². The van der Waals surface area contributed by atoms with Crippen LogP contribution in [0.3, 0.4) is 0 Å². The number of thiazole rings is 1. The zero-order valence-electron chi connectivity index (χ0n) is 10.3. The van der Waals surface area contributed by atoms with Gasteiger partial charge in [0.2, 0.25) is 0 Å². The molecule has 1 atom stereocenters. The average molecular weight is 259 g/mol. The van der Waals surface area contributed by atoms with Crippen LogP contribution in [0, 0.1) is 0 Å². The third-order valence-electron chi connectivity index (χ3n) is 3.52. The standard InChI is InChI=1S/C14H17N3S/c1-2-4-13(11-5-3-7-15-11)17-8-6-12-14(9-17)18-10-16-12/h2-3,5,7,10,13,15H,1,4,6,8-9H2. The minimum Gasteiger partial charge on any atom is -0.364 e. The van der Waals surface area contributed by atoms with Crippen LogP contribution in [-0.2, 0) is 13.0 Å². The zero-order valence-corrected chi connectivity index (χ0v) is 11.1. The molecule has 2 aromatic heterocycles. The van der Waals surface area contributed by atoms with E-state index >= 15 is 0 Å². The Balaban J connectivity index is 1.82. The molecule has 0 saturated carbocycles. The van der Waals surface area contributed by atoms with Gasteiger partial charge in [0.15, 0.2) is 0 Å². The zero-order chi connectivity index (χ0) is 12.4. The Bertz CT molecular complexity index is 515. The Labute approximate surface area is 111 Å². The van der Waals surface area contributed by atoms with Crippen molar-refractivity contribution in [2.75, 3.05) is 6.54 Å². The van der Waals surface area contributed by atoms with Crippen molar-refractivity contribution < 1.29 is 0 Å². The number of aromatic amines is 1. The summed E-state index contributed by atoms with van der Waals surface area (Å²) >= 11 is 1.77. The van der Waals surface area contributed by atoms with Gasteiger partial charge >= 0.3 is 0 Å². The first-order valence-corrected chi connectivity index (χ1v) is 7.16. The first kappa shape index (κ1) is 11.7. The van der Waals surface area contributed by atoms with Crippen LogP contribution in [0.4, 0.5) is 0 Å². The number of hydrogen-bond acceptors (Lipinski definition) is 3. The maximum absolute atomic E-state index is 4.42. The highest BCUT2D eigenvalue weighted by atomic mass is 32.1. The number of aromatic nitrogens is 2. The van der Waals surface area contributed by atoms with Gasteiger partial charge in [0.05, 0.1) is 17.2 Å². The molecule has 0 aliphatic carbocycles. The molecule has 0 amide bonds. The fourth-order valence-corrected chi connectivity index (χ4v) is 3.43. The van der Waals surface area contributed by atoms with Crippen LogP contribution in [0.2, 0.25) is 0 Å². The van der Waals surface area contributed by atoms with Gasteiger partial charge in [-0.1, -0.05) is 6.08 Å². The summed E-state index contributed by atoms with van der Waals surface area (Å²) in [5.74, 6) is 0. The van der Waals surface area contributed by atoms with Gasteiger partial charge in [-0.25, -0.2) is 4.98 Å². The normalized spacial score (nSPS) is 17.3. The van der Waals surface area contributed by atoms with Crippen LogP contribution in [-0.4, -0.2) is 21.4 Å². The summed E-state index contributed by atoms with van der Waals surface area (Å²) in [5.41, 5.74) is 4.54. The van der Waals surface area contributed by atoms with Gasteiger partial charge in [-0.05, 0) is 18.6 Å². The molecule has 2 aromatic rings. The molecule has 1 aliphatic rings. The van der Waals surface area contributed by atoms with Gasteiger partial charge in [-0.2, -0.15) is 0 Å². The van der Waals surface area contributed by atoms with Gasteiger partial charge in [0, 0.05) is 36.3 Å². The highest BCUT2D eigenvalue weighted by Crippen LogP contribution is 2.30. The van der Waals surface area contributed by atoms with Gasteiger partial charge in [0.1, 0.15) is 0 Å². The first-order chi connectivity index (χ1) is 8.88. The Morgan fingerprint density at radius 2 is 2.56 bits per heavy atom. The lowest BCUT2D eigenvalue weighted by Crippen LogP contribution is -2.33. The third kappa shape index (κ3) is 2.13. The minimum absolute atomic E-state index is 0.410. The largest absolute Gasteiger partial charge is 0.364 e. The Kier molecular flexibility index (Phi) is 3.30. The average Bonchev–Trinajstić information content (AvgIpc) is 3.05. The molecular formula is C14H17N3S. The minimum atomic E-state index is 0.410. The highest BCUT2D eigenvalue weighted by molar-refractivity contribution is 7.09. The van der Waals surface area contributed by atoms with Crippen molar-refractivity contribution in [2.24, 2.45) is 0 Å². The van der Waals surface area contributed by atoms with Crippen LogP contribution >= 0.6 is 11.3 Å². The summed E-state index contributed by atoms with van der Waals surface area (Å²) in [6, 6.07) is 4.64. The summed E-state index contributed by atoms with van der Waals surface area (Å²) in [7, 11) is 0. The van der Waals surface area contributed by atoms with E-state index in [2.05, 4.69) is 33.6 Å². The second kappa shape index (κ2) is 5.08. The van der Waals surface area contributed by atoms with Crippen molar-refractivity contribution >= 4 is 11.3 Å². The number of fused-ring (bicyclic) bond motifs is 1. The fourth-order valence-electron chi connectivity index (χ4n) is 2.59. The quantitative estimate of drug-likeness (QED) is 0.855. The van der Waals surface area contributed by atoms with E-state index in [1.54, 1.807) is 11.3 Å². The summed E-state index contributed by atoms with van der Waals surface area (Å²) in [6.07, 6.45) is 6.04. The molecule has 0 radical (unpaired) electrons. The van der Waals surface area contributed by atoms with Crippen molar-refractivity contribution in [2.45, 2.75) is 25.4 Å². The van der Waals surface area contributed by atoms with Crippen molar-refractivity contribution in [3.63, 3.8) is 0 Å². The van der Waals surface area contributed by atoms with Crippen LogP contribution in [0.25, 0.3) is 0 Å². The monoisotopic (exact) mass is 259 g/mol. The molecule has 94 valence electrons. The molecule has 0 aromatic carbocycles. The molecule has 0 spiro atoms. The summed E-state index contributed by atoms with van der Waals surface area (Å²) in [5, 5.41) is 0. The first-order valence-electron chi connectivity index (χ1n) is 6.28. The highest BCUT2D eigenvalue weighted by Gasteiger charge is 2.25. The number of H-pyrrole nitrogens is 1. The Morgan fingerprint density at radius 1 is 1.61 bits per heavy atom. The molecule has 0 bridgehead atoms. The van der Waals surface area contributed by atoms with Gasteiger partial charge in [0.25, 0.3) is 0 Å². The van der Waals surface area contributed by atoms with E-state index in [1.807, 2.05) is 17.8 Å². The molecule has 3 heterocycles. The fraction of sp³-hybridized carbons (Fsp3) is 0.357. The molecule has 18 heavy (non-hydrogen) atoms. The SMILES string of the molecule is C=CCC(c1ccc[nH]1)N1CCc2ncsc2C1. The van der Waals surface area contributed by atoms with Crippen LogP contribution in [0.5, 0.6) is 0 Å². The molecule has 4 heteroatoms. The summed E-state index contributed by atoms with van der Waals surface area (Å²) in [6.45, 7) is 5.98. The number of hydrogen-bond donors (Lipinski definition) is 1. The predicted molar refractivity (Wildman–Crippen MR) is 74.6 cm³/mol. The lowest BCUT2D eigenvalue weighted by molar-refractivity contribution is 0.178. The van der Waals surface area contributed by atoms with E-state index in [0.717, 1.165) is 25.9 Å². The van der Waals surface area contributed by atoms with E-state index in [9.17, 15) is 0 Å². The third-order valence-corrected chi connectivity index (χ3v) is 4.38. The second-order valence-corrected chi connectivity index (χ2v) is 5.55. The van der Waals surface area contributed by atoms with E-state index in [0.29, 0.717) is 6.04 Å². The van der Waals surface area contributed by atoms with Crippen LogP contribution in [0.15, 0.2) is 36.5 Å². The van der Waals surface area contributed by atoms with E-state index in [4.69, 9.17) is 0 Å². The molecule has 3 nitrogen and oxygen atoms in total. The van der Waals surface area contributed by atoms with Gasteiger partial charge in [-0.3, -0.25) is 4.90 Å². The van der Waals surface area contributed by atoms with E-state index in [1.165, 1.54) is 16.3 Å². The lowest BCUT2D eigenvalue weighted by atomic mass is 10.0.